The number of nitrogens with one attached hydrogen (secondary N) is 1. The lowest BCUT2D eigenvalue weighted by Gasteiger charge is -2.32. The van der Waals surface area contributed by atoms with Crippen LogP contribution in [-0.2, 0) is 4.79 Å². The van der Waals surface area contributed by atoms with Gasteiger partial charge in [0.1, 0.15) is 0 Å². The van der Waals surface area contributed by atoms with Crippen LogP contribution in [0.5, 0.6) is 0 Å². The van der Waals surface area contributed by atoms with Crippen LogP contribution in [-0.4, -0.2) is 46.8 Å². The Bertz CT molecular complexity index is 421. The van der Waals surface area contributed by atoms with Gasteiger partial charge in [0.05, 0.1) is 0 Å². The number of carboxylic acid groups (broad SMARTS) is 1. The van der Waals surface area contributed by atoms with Crippen molar-refractivity contribution in [3.05, 3.63) is 0 Å². The van der Waals surface area contributed by atoms with Crippen molar-refractivity contribution in [2.45, 2.75) is 51.7 Å². The number of hydrogen-bond acceptors (Lipinski definition) is 2. The van der Waals surface area contributed by atoms with Gasteiger partial charge >= 0.3 is 18.2 Å². The smallest absolute Gasteiger partial charge is 0.406 e. The van der Waals surface area contributed by atoms with Gasteiger partial charge in [0, 0.05) is 18.6 Å². The van der Waals surface area contributed by atoms with Crippen molar-refractivity contribution in [3.63, 3.8) is 0 Å². The second-order valence-electron chi connectivity index (χ2n) is 5.75. The molecule has 0 aromatic rings. The molecule has 1 atom stereocenters. The van der Waals surface area contributed by atoms with Crippen molar-refractivity contribution in [2.75, 3.05) is 13.1 Å². The van der Waals surface area contributed by atoms with E-state index in [1.54, 1.807) is 6.92 Å². The van der Waals surface area contributed by atoms with Crippen molar-refractivity contribution in [1.29, 1.82) is 0 Å². The van der Waals surface area contributed by atoms with Crippen LogP contribution in [0, 0.1) is 5.41 Å². The van der Waals surface area contributed by atoms with Gasteiger partial charge in [-0.3, -0.25) is 4.79 Å². The van der Waals surface area contributed by atoms with Crippen LogP contribution >= 0.6 is 0 Å². The van der Waals surface area contributed by atoms with E-state index < -0.39 is 42.1 Å². The molecule has 1 saturated heterocycles. The first-order valence-corrected chi connectivity index (χ1v) is 6.88. The second-order valence-corrected chi connectivity index (χ2v) is 5.75. The third-order valence-electron chi connectivity index (χ3n) is 4.48. The normalized spacial score (nSPS) is 23.2. The van der Waals surface area contributed by atoms with E-state index in [1.165, 1.54) is 0 Å². The fraction of sp³-hybridized carbons (Fsp3) is 0.846. The quantitative estimate of drug-likeness (QED) is 0.838. The number of urea groups is 1. The molecule has 0 aromatic carbocycles. The maximum absolute atomic E-state index is 13.0. The highest BCUT2D eigenvalue weighted by Crippen LogP contribution is 2.45. The SMILES string of the molecule is CCC(C)(CC)NC(=O)N1CCC(C(=O)O)(C(F)(F)F)C1. The summed E-state index contributed by atoms with van der Waals surface area (Å²) < 4.78 is 39.1. The molecule has 1 rings (SSSR count). The van der Waals surface area contributed by atoms with Crippen LogP contribution in [0.4, 0.5) is 18.0 Å². The lowest BCUT2D eigenvalue weighted by molar-refractivity contribution is -0.226. The number of nitrogens with zero attached hydrogens (tertiary/aromatic N) is 1. The minimum Gasteiger partial charge on any atom is -0.481 e. The first-order valence-electron chi connectivity index (χ1n) is 6.88. The van der Waals surface area contributed by atoms with Crippen molar-refractivity contribution in [1.82, 2.24) is 10.2 Å². The molecule has 0 aliphatic carbocycles. The molecule has 122 valence electrons. The van der Waals surface area contributed by atoms with Crippen LogP contribution in [0.2, 0.25) is 0 Å². The van der Waals surface area contributed by atoms with E-state index in [1.807, 2.05) is 13.8 Å². The molecule has 2 N–H and O–H groups in total. The summed E-state index contributed by atoms with van der Waals surface area (Å²) in [6.45, 7) is 4.47. The predicted octanol–water partition coefficient (Wildman–Crippen LogP) is 2.61. The largest absolute Gasteiger partial charge is 0.481 e. The minimum atomic E-state index is -4.88. The molecule has 1 aliphatic heterocycles. The number of carboxylic acids is 1. The molecule has 5 nitrogen and oxygen atoms in total. The number of alkyl halides is 3. The topological polar surface area (TPSA) is 69.6 Å². The fourth-order valence-corrected chi connectivity index (χ4v) is 2.27. The van der Waals surface area contributed by atoms with Crippen LogP contribution in [0.25, 0.3) is 0 Å². The highest BCUT2D eigenvalue weighted by Gasteiger charge is 2.64. The number of amides is 2. The number of aliphatic carboxylic acids is 1. The standard InChI is InChI=1S/C13H21F3N2O3/c1-4-11(3,5-2)17-10(21)18-7-6-12(8-18,9(19)20)13(14,15)16/h4-8H2,1-3H3,(H,17,21)(H,19,20). The third kappa shape index (κ3) is 3.24. The Kier molecular flexibility index (Phi) is 4.80. The zero-order valence-electron chi connectivity index (χ0n) is 12.4. The molecule has 0 saturated carbocycles. The summed E-state index contributed by atoms with van der Waals surface area (Å²) in [4.78, 5) is 24.1. The number of halogens is 3. The summed E-state index contributed by atoms with van der Waals surface area (Å²) in [5.41, 5.74) is -3.37. The lowest BCUT2D eigenvalue weighted by atomic mass is 9.86. The molecule has 0 bridgehead atoms. The van der Waals surface area contributed by atoms with E-state index in [4.69, 9.17) is 5.11 Å². The Hall–Kier alpha value is -1.47. The number of hydrogen-bond donors (Lipinski definition) is 2. The van der Waals surface area contributed by atoms with Gasteiger partial charge < -0.3 is 15.3 Å². The molecule has 0 spiro atoms. The average molecular weight is 310 g/mol. The summed E-state index contributed by atoms with van der Waals surface area (Å²) in [5, 5.41) is 11.6. The molecule has 0 aromatic heterocycles. The number of likely N-dealkylation sites (tertiary alicyclic amines) is 1. The summed E-state index contributed by atoms with van der Waals surface area (Å²) in [6.07, 6.45) is -4.24. The summed E-state index contributed by atoms with van der Waals surface area (Å²) in [6, 6.07) is -0.645. The number of carbonyl (C=O) groups excluding carboxylic acids is 1. The first kappa shape index (κ1) is 17.6. The molecular formula is C13H21F3N2O3. The Morgan fingerprint density at radius 1 is 1.29 bits per heavy atom. The average Bonchev–Trinajstić information content (AvgIpc) is 2.84. The molecule has 1 aliphatic rings. The van der Waals surface area contributed by atoms with Crippen molar-refractivity contribution in [2.24, 2.45) is 5.41 Å². The van der Waals surface area contributed by atoms with E-state index in [0.717, 1.165) is 4.90 Å². The highest BCUT2D eigenvalue weighted by molar-refractivity contribution is 5.80. The molecular weight excluding hydrogens is 289 g/mol. The van der Waals surface area contributed by atoms with Crippen LogP contribution in [0.15, 0.2) is 0 Å². The molecule has 2 amide bonds. The maximum atomic E-state index is 13.0. The van der Waals surface area contributed by atoms with E-state index in [-0.39, 0.29) is 6.54 Å². The van der Waals surface area contributed by atoms with Crippen molar-refractivity contribution in [3.8, 4) is 0 Å². The van der Waals surface area contributed by atoms with Crippen molar-refractivity contribution >= 4 is 12.0 Å². The molecule has 1 unspecified atom stereocenters. The van der Waals surface area contributed by atoms with E-state index in [0.29, 0.717) is 12.8 Å². The van der Waals surface area contributed by atoms with Crippen molar-refractivity contribution < 1.29 is 27.9 Å². The monoisotopic (exact) mass is 310 g/mol. The Morgan fingerprint density at radius 3 is 2.14 bits per heavy atom. The molecule has 0 radical (unpaired) electrons. The van der Waals surface area contributed by atoms with Gasteiger partial charge in [-0.1, -0.05) is 13.8 Å². The number of rotatable bonds is 4. The van der Waals surface area contributed by atoms with Gasteiger partial charge in [-0.2, -0.15) is 13.2 Å². The second kappa shape index (κ2) is 5.73. The predicted molar refractivity (Wildman–Crippen MR) is 69.8 cm³/mol. The summed E-state index contributed by atoms with van der Waals surface area (Å²) >= 11 is 0. The molecule has 1 fully saturated rings. The van der Waals surface area contributed by atoms with Gasteiger partial charge in [-0.05, 0) is 26.2 Å². The Labute approximate surface area is 121 Å². The van der Waals surface area contributed by atoms with E-state index in [2.05, 4.69) is 5.32 Å². The molecule has 1 heterocycles. The summed E-state index contributed by atoms with van der Waals surface area (Å²) in [7, 11) is 0. The van der Waals surface area contributed by atoms with Crippen LogP contribution in [0.3, 0.4) is 0 Å². The summed E-state index contributed by atoms with van der Waals surface area (Å²) in [5.74, 6) is -1.93. The molecule has 8 heteroatoms. The van der Waals surface area contributed by atoms with Gasteiger partial charge in [0.15, 0.2) is 5.41 Å². The minimum absolute atomic E-state index is 0.221. The van der Waals surface area contributed by atoms with E-state index >= 15 is 0 Å². The Morgan fingerprint density at radius 2 is 1.81 bits per heavy atom. The number of carbonyl (C=O) groups is 2. The zero-order chi connectivity index (χ0) is 16.5. The van der Waals surface area contributed by atoms with Gasteiger partial charge in [-0.15, -0.1) is 0 Å². The first-order chi connectivity index (χ1) is 9.51. The maximum Gasteiger partial charge on any atom is 0.406 e. The zero-order valence-corrected chi connectivity index (χ0v) is 12.4. The van der Waals surface area contributed by atoms with Crippen LogP contribution in [0.1, 0.15) is 40.0 Å². The third-order valence-corrected chi connectivity index (χ3v) is 4.48. The highest BCUT2D eigenvalue weighted by atomic mass is 19.4. The van der Waals surface area contributed by atoms with Gasteiger partial charge in [0.25, 0.3) is 0 Å². The fourth-order valence-electron chi connectivity index (χ4n) is 2.27. The van der Waals surface area contributed by atoms with Gasteiger partial charge in [-0.25, -0.2) is 4.79 Å². The lowest BCUT2D eigenvalue weighted by Crippen LogP contribution is -2.53. The Balaban J connectivity index is 2.86. The molecule has 21 heavy (non-hydrogen) atoms. The van der Waals surface area contributed by atoms with E-state index in [9.17, 15) is 22.8 Å². The van der Waals surface area contributed by atoms with Gasteiger partial charge in [0.2, 0.25) is 0 Å². The van der Waals surface area contributed by atoms with Crippen LogP contribution < -0.4 is 5.32 Å².